The van der Waals surface area contributed by atoms with Crippen molar-refractivity contribution >= 4 is 0 Å². The molecule has 1 rings (SSSR count). The molecule has 1 aromatic rings. The van der Waals surface area contributed by atoms with Gasteiger partial charge in [-0.15, -0.1) is 0 Å². The molecule has 0 bridgehead atoms. The van der Waals surface area contributed by atoms with Gasteiger partial charge in [-0.2, -0.15) is 0 Å². The second kappa shape index (κ2) is 27.9. The van der Waals surface area contributed by atoms with Crippen LogP contribution in [0.5, 0.6) is 0 Å². The highest BCUT2D eigenvalue weighted by Crippen LogP contribution is 2.16. The van der Waals surface area contributed by atoms with Crippen LogP contribution >= 0.6 is 0 Å². The molecule has 0 saturated heterocycles. The molecule has 0 aliphatic carbocycles. The number of hydrogen-bond acceptors (Lipinski definition) is 0. The Hall–Kier alpha value is -0.720. The van der Waals surface area contributed by atoms with Crippen LogP contribution in [0.1, 0.15) is 192 Å². The number of H-pyrrole nitrogens is 1. The molecule has 0 amide bonds. The Kier molecular flexibility index (Phi) is 25.7. The van der Waals surface area contributed by atoms with Gasteiger partial charge in [-0.1, -0.05) is 180 Å². The van der Waals surface area contributed by atoms with Gasteiger partial charge >= 0.3 is 0 Å². The molecule has 0 spiro atoms. The third-order valence-corrected chi connectivity index (χ3v) is 7.96. The lowest BCUT2D eigenvalue weighted by Gasteiger charge is -2.04. The lowest BCUT2D eigenvalue weighted by molar-refractivity contribution is 0.514. The van der Waals surface area contributed by atoms with Gasteiger partial charge in [0.15, 0.2) is 0 Å². The summed E-state index contributed by atoms with van der Waals surface area (Å²) in [6, 6.07) is 4.32. The van der Waals surface area contributed by atoms with Crippen molar-refractivity contribution in [1.29, 1.82) is 0 Å². The Bertz CT molecular complexity index is 477. The summed E-state index contributed by atoms with van der Waals surface area (Å²) in [5.74, 6) is 0. The van der Waals surface area contributed by atoms with Crippen molar-refractivity contribution in [2.45, 2.75) is 193 Å². The first-order chi connectivity index (χ1) is 17.4. The van der Waals surface area contributed by atoms with E-state index in [4.69, 9.17) is 0 Å². The fraction of sp³-hybridized carbons (Fsp3) is 0.882. The first-order valence-electron chi connectivity index (χ1n) is 16.6. The summed E-state index contributed by atoms with van der Waals surface area (Å²) in [5.41, 5.74) is 1.40. The summed E-state index contributed by atoms with van der Waals surface area (Å²) in [6.45, 7) is 2.31. The standard InChI is InChI=1S/C34H65N/c1-2-3-4-5-6-7-8-9-10-11-12-13-14-15-16-17-18-19-20-21-22-23-24-25-26-27-28-29-31-34-32-30-33-35-34/h30,32-33,35H,2-29,31H2,1H3. The van der Waals surface area contributed by atoms with E-state index in [-0.39, 0.29) is 0 Å². The average Bonchev–Trinajstić information content (AvgIpc) is 3.39. The smallest absolute Gasteiger partial charge is 0.0147 e. The van der Waals surface area contributed by atoms with Gasteiger partial charge in [0.2, 0.25) is 0 Å². The quantitative estimate of drug-likeness (QED) is 0.108. The van der Waals surface area contributed by atoms with Crippen LogP contribution in [0, 0.1) is 0 Å². The molecule has 0 aliphatic rings. The number of aromatic nitrogens is 1. The van der Waals surface area contributed by atoms with E-state index >= 15 is 0 Å². The number of rotatable bonds is 29. The SMILES string of the molecule is CCCCCCCCCCCCCCCCCCCCCCCCCCCCCCc1ccc[nH]1. The third kappa shape index (κ3) is 24.7. The maximum atomic E-state index is 3.31. The molecule has 0 unspecified atom stereocenters. The van der Waals surface area contributed by atoms with E-state index in [1.807, 2.05) is 6.20 Å². The Labute approximate surface area is 222 Å². The first kappa shape index (κ1) is 32.3. The summed E-state index contributed by atoms with van der Waals surface area (Å²) in [4.78, 5) is 3.31. The van der Waals surface area contributed by atoms with E-state index in [1.54, 1.807) is 0 Å². The normalized spacial score (nSPS) is 11.5. The van der Waals surface area contributed by atoms with Crippen molar-refractivity contribution < 1.29 is 0 Å². The van der Waals surface area contributed by atoms with Crippen molar-refractivity contribution in [1.82, 2.24) is 4.98 Å². The summed E-state index contributed by atoms with van der Waals surface area (Å²) >= 11 is 0. The van der Waals surface area contributed by atoms with E-state index in [0.717, 1.165) is 0 Å². The highest BCUT2D eigenvalue weighted by molar-refractivity contribution is 5.03. The van der Waals surface area contributed by atoms with E-state index in [0.29, 0.717) is 0 Å². The fourth-order valence-electron chi connectivity index (χ4n) is 5.51. The van der Waals surface area contributed by atoms with Crippen molar-refractivity contribution in [3.05, 3.63) is 24.0 Å². The zero-order valence-corrected chi connectivity index (χ0v) is 24.2. The molecule has 0 atom stereocenters. The van der Waals surface area contributed by atoms with Gasteiger partial charge in [-0.05, 0) is 25.0 Å². The highest BCUT2D eigenvalue weighted by atomic mass is 14.7. The molecular formula is C34H65N. The fourth-order valence-corrected chi connectivity index (χ4v) is 5.51. The zero-order chi connectivity index (χ0) is 24.9. The monoisotopic (exact) mass is 488 g/mol. The van der Waals surface area contributed by atoms with Crippen molar-refractivity contribution in [3.63, 3.8) is 0 Å². The second-order valence-electron chi connectivity index (χ2n) is 11.5. The van der Waals surface area contributed by atoms with Gasteiger partial charge in [0.1, 0.15) is 0 Å². The van der Waals surface area contributed by atoms with Crippen molar-refractivity contribution in [2.75, 3.05) is 0 Å². The van der Waals surface area contributed by atoms with Crippen LogP contribution < -0.4 is 0 Å². The van der Waals surface area contributed by atoms with E-state index in [9.17, 15) is 0 Å². The molecular weight excluding hydrogens is 422 g/mol. The van der Waals surface area contributed by atoms with E-state index in [1.165, 1.54) is 192 Å². The number of nitrogens with one attached hydrogen (secondary N) is 1. The van der Waals surface area contributed by atoms with Gasteiger partial charge < -0.3 is 4.98 Å². The molecule has 0 aromatic carbocycles. The molecule has 35 heavy (non-hydrogen) atoms. The van der Waals surface area contributed by atoms with Crippen LogP contribution in [0.15, 0.2) is 18.3 Å². The largest absolute Gasteiger partial charge is 0.365 e. The van der Waals surface area contributed by atoms with Gasteiger partial charge in [0.05, 0.1) is 0 Å². The third-order valence-electron chi connectivity index (χ3n) is 7.96. The molecule has 206 valence electrons. The van der Waals surface area contributed by atoms with Gasteiger partial charge in [-0.25, -0.2) is 0 Å². The predicted molar refractivity (Wildman–Crippen MR) is 159 cm³/mol. The van der Waals surface area contributed by atoms with E-state index in [2.05, 4.69) is 24.0 Å². The summed E-state index contributed by atoms with van der Waals surface area (Å²) in [5, 5.41) is 0. The average molecular weight is 488 g/mol. The van der Waals surface area contributed by atoms with Crippen LogP contribution in [0.2, 0.25) is 0 Å². The minimum atomic E-state index is 1.23. The van der Waals surface area contributed by atoms with Gasteiger partial charge in [-0.3, -0.25) is 0 Å². The molecule has 0 saturated carbocycles. The minimum Gasteiger partial charge on any atom is -0.365 e. The molecule has 0 fully saturated rings. The maximum Gasteiger partial charge on any atom is 0.0147 e. The van der Waals surface area contributed by atoms with E-state index < -0.39 is 0 Å². The summed E-state index contributed by atoms with van der Waals surface area (Å²) in [7, 11) is 0. The Balaban J connectivity index is 1.61. The topological polar surface area (TPSA) is 15.8 Å². The molecule has 0 radical (unpaired) electrons. The lowest BCUT2D eigenvalue weighted by atomic mass is 10.0. The molecule has 1 N–H and O–H groups in total. The van der Waals surface area contributed by atoms with Crippen LogP contribution in [0.25, 0.3) is 0 Å². The molecule has 1 heterocycles. The number of aromatic amines is 1. The minimum absolute atomic E-state index is 1.23. The Morgan fingerprint density at radius 2 is 0.686 bits per heavy atom. The number of hydrogen-bond donors (Lipinski definition) is 1. The van der Waals surface area contributed by atoms with Crippen LogP contribution in [0.3, 0.4) is 0 Å². The van der Waals surface area contributed by atoms with Crippen LogP contribution in [-0.4, -0.2) is 4.98 Å². The summed E-state index contributed by atoms with van der Waals surface area (Å²) in [6.07, 6.45) is 44.3. The molecule has 1 nitrogen and oxygen atoms in total. The van der Waals surface area contributed by atoms with Crippen molar-refractivity contribution in [2.24, 2.45) is 0 Å². The predicted octanol–water partition coefficient (Wildman–Crippen LogP) is 12.5. The number of aryl methyl sites for hydroxylation is 1. The lowest BCUT2D eigenvalue weighted by Crippen LogP contribution is -1.86. The summed E-state index contributed by atoms with van der Waals surface area (Å²) < 4.78 is 0. The highest BCUT2D eigenvalue weighted by Gasteiger charge is 1.97. The van der Waals surface area contributed by atoms with Crippen LogP contribution in [0.4, 0.5) is 0 Å². The second-order valence-corrected chi connectivity index (χ2v) is 11.5. The maximum absolute atomic E-state index is 3.31. The Morgan fingerprint density at radius 1 is 0.400 bits per heavy atom. The van der Waals surface area contributed by atoms with Crippen molar-refractivity contribution in [3.8, 4) is 0 Å². The molecule has 1 aromatic heterocycles. The van der Waals surface area contributed by atoms with Gasteiger partial charge in [0.25, 0.3) is 0 Å². The van der Waals surface area contributed by atoms with Crippen LogP contribution in [-0.2, 0) is 6.42 Å². The first-order valence-corrected chi connectivity index (χ1v) is 16.6. The van der Waals surface area contributed by atoms with Gasteiger partial charge in [0, 0.05) is 11.9 Å². The molecule has 0 aliphatic heterocycles. The zero-order valence-electron chi connectivity index (χ0n) is 24.2. The Morgan fingerprint density at radius 3 is 0.943 bits per heavy atom. The number of unbranched alkanes of at least 4 members (excludes halogenated alkanes) is 27. The molecule has 1 heteroatoms.